The van der Waals surface area contributed by atoms with E-state index in [1.54, 1.807) is 7.11 Å². The predicted octanol–water partition coefficient (Wildman–Crippen LogP) is 0.618. The second-order valence-corrected chi connectivity index (χ2v) is 7.80. The molecular formula is C23H31N2O5+. The number of hydrogen-bond donors (Lipinski definition) is 2. The van der Waals surface area contributed by atoms with E-state index in [1.165, 1.54) is 4.90 Å². The number of aliphatic hydroxyl groups is 1. The topological polar surface area (TPSA) is 64.8 Å². The molecule has 7 heteroatoms. The molecule has 162 valence electrons. The second kappa shape index (κ2) is 10.0. The third kappa shape index (κ3) is 5.16. The van der Waals surface area contributed by atoms with Gasteiger partial charge in [0, 0.05) is 0 Å². The highest BCUT2D eigenvalue weighted by atomic mass is 16.6. The van der Waals surface area contributed by atoms with Gasteiger partial charge in [0.25, 0.3) is 0 Å². The largest absolute Gasteiger partial charge is 0.495 e. The Balaban J connectivity index is 1.16. The van der Waals surface area contributed by atoms with Crippen LogP contribution in [0.5, 0.6) is 17.2 Å². The minimum atomic E-state index is -0.491. The fourth-order valence-corrected chi connectivity index (χ4v) is 4.03. The van der Waals surface area contributed by atoms with Crippen molar-refractivity contribution in [2.24, 2.45) is 0 Å². The zero-order valence-electron chi connectivity index (χ0n) is 17.5. The number of rotatable bonds is 8. The van der Waals surface area contributed by atoms with Crippen molar-refractivity contribution in [3.05, 3.63) is 48.5 Å². The molecule has 7 nitrogen and oxygen atoms in total. The zero-order chi connectivity index (χ0) is 20.8. The van der Waals surface area contributed by atoms with E-state index in [-0.39, 0.29) is 6.10 Å². The summed E-state index contributed by atoms with van der Waals surface area (Å²) in [5.74, 6) is 2.42. The Bertz CT molecular complexity index is 810. The Morgan fingerprint density at radius 2 is 1.83 bits per heavy atom. The monoisotopic (exact) mass is 415 g/mol. The van der Waals surface area contributed by atoms with Crippen LogP contribution in [0.25, 0.3) is 0 Å². The van der Waals surface area contributed by atoms with Gasteiger partial charge in [-0.15, -0.1) is 0 Å². The van der Waals surface area contributed by atoms with Gasteiger partial charge in [-0.3, -0.25) is 0 Å². The molecule has 0 amide bonds. The molecule has 2 aromatic rings. The average Bonchev–Trinajstić information content (AvgIpc) is 2.79. The molecule has 2 N–H and O–H groups in total. The fraction of sp³-hybridized carbons (Fsp3) is 0.478. The maximum absolute atomic E-state index is 10.4. The summed E-state index contributed by atoms with van der Waals surface area (Å²) in [6, 6.07) is 15.8. The summed E-state index contributed by atoms with van der Waals surface area (Å²) < 4.78 is 22.8. The normalized spacial score (nSPS) is 20.1. The lowest BCUT2D eigenvalue weighted by atomic mass is 10.2. The lowest BCUT2D eigenvalue weighted by molar-refractivity contribution is -0.903. The van der Waals surface area contributed by atoms with Crippen molar-refractivity contribution in [2.75, 3.05) is 64.6 Å². The van der Waals surface area contributed by atoms with Gasteiger partial charge in [-0.05, 0) is 24.3 Å². The summed E-state index contributed by atoms with van der Waals surface area (Å²) >= 11 is 0. The number of ether oxygens (including phenoxy) is 4. The van der Waals surface area contributed by atoms with Gasteiger partial charge in [0.15, 0.2) is 17.6 Å². The lowest BCUT2D eigenvalue weighted by Crippen LogP contribution is -3.16. The summed E-state index contributed by atoms with van der Waals surface area (Å²) in [6.07, 6.45) is -0.640. The molecule has 0 saturated carbocycles. The maximum atomic E-state index is 10.4. The number of benzene rings is 2. The number of anilines is 1. The number of para-hydroxylation sites is 4. The van der Waals surface area contributed by atoms with Gasteiger partial charge >= 0.3 is 0 Å². The van der Waals surface area contributed by atoms with Crippen LogP contribution in [0.4, 0.5) is 5.69 Å². The highest BCUT2D eigenvalue weighted by Crippen LogP contribution is 2.31. The van der Waals surface area contributed by atoms with E-state index in [4.69, 9.17) is 18.9 Å². The minimum absolute atomic E-state index is 0.149. The number of nitrogens with one attached hydrogen (secondary N) is 1. The Labute approximate surface area is 177 Å². The van der Waals surface area contributed by atoms with Crippen molar-refractivity contribution in [3.63, 3.8) is 0 Å². The summed E-state index contributed by atoms with van der Waals surface area (Å²) in [6.45, 7) is 5.69. The summed E-state index contributed by atoms with van der Waals surface area (Å²) in [7, 11) is 1.71. The van der Waals surface area contributed by atoms with E-state index in [0.717, 1.165) is 49.1 Å². The molecule has 0 aliphatic carbocycles. The number of fused-ring (bicyclic) bond motifs is 1. The number of nitrogens with zero attached hydrogens (tertiary/aromatic N) is 1. The van der Waals surface area contributed by atoms with Gasteiger partial charge in [-0.25, -0.2) is 0 Å². The predicted molar refractivity (Wildman–Crippen MR) is 114 cm³/mol. The van der Waals surface area contributed by atoms with Crippen molar-refractivity contribution in [1.29, 1.82) is 0 Å². The van der Waals surface area contributed by atoms with E-state index in [2.05, 4.69) is 11.0 Å². The number of aliphatic hydroxyl groups excluding tert-OH is 1. The van der Waals surface area contributed by atoms with Gasteiger partial charge in [0.1, 0.15) is 25.0 Å². The molecule has 2 aromatic carbocycles. The van der Waals surface area contributed by atoms with E-state index >= 15 is 0 Å². The molecule has 0 spiro atoms. The Hall–Kier alpha value is -2.48. The van der Waals surface area contributed by atoms with Crippen LogP contribution in [0.2, 0.25) is 0 Å². The molecule has 2 atom stereocenters. The third-order valence-electron chi connectivity index (χ3n) is 5.60. The van der Waals surface area contributed by atoms with E-state index in [0.29, 0.717) is 26.4 Å². The highest BCUT2D eigenvalue weighted by Gasteiger charge is 2.25. The zero-order valence-corrected chi connectivity index (χ0v) is 17.5. The van der Waals surface area contributed by atoms with E-state index in [9.17, 15) is 5.11 Å². The van der Waals surface area contributed by atoms with Gasteiger partial charge in [-0.2, -0.15) is 0 Å². The second-order valence-electron chi connectivity index (χ2n) is 7.80. The number of piperazine rings is 1. The van der Waals surface area contributed by atoms with E-state index < -0.39 is 6.10 Å². The third-order valence-corrected chi connectivity index (χ3v) is 5.60. The SMILES string of the molecule is COc1ccccc1N1CC[NH+](C[C@H](O)COC[C@@H]2COc3ccccc3O2)CC1. The molecule has 4 rings (SSSR count). The lowest BCUT2D eigenvalue weighted by Gasteiger charge is -2.35. The molecule has 0 aromatic heterocycles. The van der Waals surface area contributed by atoms with Crippen LogP contribution in [-0.2, 0) is 4.74 Å². The summed E-state index contributed by atoms with van der Waals surface area (Å²) in [5, 5.41) is 10.4. The molecule has 1 saturated heterocycles. The van der Waals surface area contributed by atoms with Crippen molar-refractivity contribution < 1.29 is 29.0 Å². The van der Waals surface area contributed by atoms with Crippen molar-refractivity contribution in [3.8, 4) is 17.2 Å². The number of methoxy groups -OCH3 is 1. The molecule has 0 bridgehead atoms. The van der Waals surface area contributed by atoms with Crippen LogP contribution >= 0.6 is 0 Å². The van der Waals surface area contributed by atoms with Crippen molar-refractivity contribution >= 4 is 5.69 Å². The smallest absolute Gasteiger partial charge is 0.161 e. The molecule has 2 aliphatic heterocycles. The van der Waals surface area contributed by atoms with Gasteiger partial charge in [0.05, 0.1) is 52.2 Å². The molecule has 30 heavy (non-hydrogen) atoms. The van der Waals surface area contributed by atoms with Crippen LogP contribution in [0.1, 0.15) is 0 Å². The van der Waals surface area contributed by atoms with Gasteiger partial charge in [0.2, 0.25) is 0 Å². The average molecular weight is 416 g/mol. The quantitative estimate of drug-likeness (QED) is 0.659. The summed E-state index contributed by atoms with van der Waals surface area (Å²) in [5.41, 5.74) is 1.14. The first-order valence-corrected chi connectivity index (χ1v) is 10.6. The fourth-order valence-electron chi connectivity index (χ4n) is 4.03. The van der Waals surface area contributed by atoms with Crippen LogP contribution in [-0.4, -0.2) is 77.0 Å². The van der Waals surface area contributed by atoms with Crippen LogP contribution < -0.4 is 24.0 Å². The van der Waals surface area contributed by atoms with Gasteiger partial charge < -0.3 is 33.9 Å². The maximum Gasteiger partial charge on any atom is 0.161 e. The molecule has 0 unspecified atom stereocenters. The van der Waals surface area contributed by atoms with Crippen LogP contribution in [0, 0.1) is 0 Å². The van der Waals surface area contributed by atoms with Crippen LogP contribution in [0.3, 0.4) is 0 Å². The standard InChI is InChI=1S/C23H30N2O5/c1-27-21-7-3-2-6-20(21)25-12-10-24(11-13-25)14-18(26)15-28-16-19-17-29-22-8-4-5-9-23(22)30-19/h2-9,18-19,26H,10-17H2,1H3/p+1/t18-,19+/m0/s1. The number of hydrogen-bond acceptors (Lipinski definition) is 6. The molecule has 2 heterocycles. The molecule has 1 fully saturated rings. The minimum Gasteiger partial charge on any atom is -0.495 e. The first-order chi connectivity index (χ1) is 14.7. The molecule has 2 aliphatic rings. The molecular weight excluding hydrogens is 384 g/mol. The van der Waals surface area contributed by atoms with E-state index in [1.807, 2.05) is 42.5 Å². The Kier molecular flexibility index (Phi) is 6.94. The number of quaternary nitrogens is 1. The highest BCUT2D eigenvalue weighted by molar-refractivity contribution is 5.58. The summed E-state index contributed by atoms with van der Waals surface area (Å²) in [4.78, 5) is 3.74. The van der Waals surface area contributed by atoms with Crippen molar-refractivity contribution in [2.45, 2.75) is 12.2 Å². The molecule has 0 radical (unpaired) electrons. The Morgan fingerprint density at radius 3 is 2.63 bits per heavy atom. The Morgan fingerprint density at radius 1 is 1.10 bits per heavy atom. The van der Waals surface area contributed by atoms with Crippen molar-refractivity contribution in [1.82, 2.24) is 0 Å². The van der Waals surface area contributed by atoms with Crippen LogP contribution in [0.15, 0.2) is 48.5 Å². The first-order valence-electron chi connectivity index (χ1n) is 10.6. The first kappa shape index (κ1) is 20.8. The van der Waals surface area contributed by atoms with Gasteiger partial charge in [-0.1, -0.05) is 24.3 Å².